The lowest BCUT2D eigenvalue weighted by Gasteiger charge is -2.30. The van der Waals surface area contributed by atoms with Crippen molar-refractivity contribution in [1.29, 1.82) is 0 Å². The van der Waals surface area contributed by atoms with Crippen molar-refractivity contribution in [2.45, 2.75) is 46.2 Å². The largest absolute Gasteiger partial charge is 0.495 e. The Balaban J connectivity index is 2.19. The van der Waals surface area contributed by atoms with Crippen LogP contribution in [0.5, 0.6) is 5.75 Å². The van der Waals surface area contributed by atoms with Crippen LogP contribution in [0.2, 0.25) is 5.02 Å². The van der Waals surface area contributed by atoms with E-state index in [4.69, 9.17) is 16.3 Å². The van der Waals surface area contributed by atoms with Crippen LogP contribution in [0.1, 0.15) is 39.2 Å². The molecule has 8 nitrogen and oxygen atoms in total. The molecule has 0 heterocycles. The lowest BCUT2D eigenvalue weighted by Crippen LogP contribution is -2.48. The standard InChI is InChI=1S/C26H36ClN3O5S/c1-19(2)17-28-26(32)20(3)29(18-21-10-8-11-22(27)16-21)25(31)14-9-15-30(36(5,33)34)23-12-6-7-13-24(23)35-4/h6-8,10-13,16,19-20H,9,14-15,17-18H2,1-5H3,(H,28,32)/t20-/m0/s1. The zero-order chi connectivity index (χ0) is 26.9. The summed E-state index contributed by atoms with van der Waals surface area (Å²) >= 11 is 6.12. The minimum Gasteiger partial charge on any atom is -0.495 e. The topological polar surface area (TPSA) is 96.0 Å². The lowest BCUT2D eigenvalue weighted by molar-refractivity contribution is -0.140. The van der Waals surface area contributed by atoms with Gasteiger partial charge in [0.25, 0.3) is 0 Å². The van der Waals surface area contributed by atoms with Gasteiger partial charge in [0.15, 0.2) is 0 Å². The van der Waals surface area contributed by atoms with Crippen LogP contribution in [0.3, 0.4) is 0 Å². The van der Waals surface area contributed by atoms with Crippen LogP contribution in [0.25, 0.3) is 0 Å². The third-order valence-corrected chi connectivity index (χ3v) is 7.01. The maximum absolute atomic E-state index is 13.3. The SMILES string of the molecule is COc1ccccc1N(CCCC(=O)N(Cc1cccc(Cl)c1)[C@@H](C)C(=O)NCC(C)C)S(C)(=O)=O. The molecule has 0 saturated carbocycles. The summed E-state index contributed by atoms with van der Waals surface area (Å²) in [6, 6.07) is 13.3. The zero-order valence-electron chi connectivity index (χ0n) is 21.5. The number of hydrogen-bond donors (Lipinski definition) is 1. The van der Waals surface area contributed by atoms with Crippen molar-refractivity contribution >= 4 is 39.1 Å². The fourth-order valence-corrected chi connectivity index (χ4v) is 4.87. The summed E-state index contributed by atoms with van der Waals surface area (Å²) < 4.78 is 31.6. The predicted molar refractivity (Wildman–Crippen MR) is 144 cm³/mol. The Morgan fingerprint density at radius 3 is 2.39 bits per heavy atom. The lowest BCUT2D eigenvalue weighted by atomic mass is 10.1. The Morgan fingerprint density at radius 2 is 1.78 bits per heavy atom. The first kappa shape index (κ1) is 29.5. The van der Waals surface area contributed by atoms with E-state index in [-0.39, 0.29) is 43.7 Å². The van der Waals surface area contributed by atoms with E-state index in [1.165, 1.54) is 16.3 Å². The maximum atomic E-state index is 13.3. The number of ether oxygens (including phenoxy) is 1. The molecule has 0 radical (unpaired) electrons. The molecule has 2 aromatic carbocycles. The molecule has 1 atom stereocenters. The van der Waals surface area contributed by atoms with Crippen molar-refractivity contribution in [3.63, 3.8) is 0 Å². The average molecular weight is 538 g/mol. The van der Waals surface area contributed by atoms with Gasteiger partial charge in [0.2, 0.25) is 21.8 Å². The number of hydrogen-bond acceptors (Lipinski definition) is 5. The molecule has 0 fully saturated rings. The van der Waals surface area contributed by atoms with Crippen LogP contribution < -0.4 is 14.4 Å². The molecule has 0 aliphatic rings. The van der Waals surface area contributed by atoms with E-state index in [9.17, 15) is 18.0 Å². The molecule has 36 heavy (non-hydrogen) atoms. The van der Waals surface area contributed by atoms with E-state index in [1.807, 2.05) is 19.9 Å². The van der Waals surface area contributed by atoms with Gasteiger partial charge in [-0.2, -0.15) is 0 Å². The molecule has 0 aliphatic carbocycles. The number of anilines is 1. The van der Waals surface area contributed by atoms with E-state index in [2.05, 4.69) is 5.32 Å². The van der Waals surface area contributed by atoms with Gasteiger partial charge in [-0.15, -0.1) is 0 Å². The normalized spacial score (nSPS) is 12.2. The van der Waals surface area contributed by atoms with E-state index >= 15 is 0 Å². The van der Waals surface area contributed by atoms with Crippen molar-refractivity contribution in [1.82, 2.24) is 10.2 Å². The summed E-state index contributed by atoms with van der Waals surface area (Å²) in [4.78, 5) is 27.6. The number of carbonyl (C=O) groups excluding carboxylic acids is 2. The molecule has 0 aromatic heterocycles. The first-order chi connectivity index (χ1) is 16.9. The molecule has 198 valence electrons. The number of benzene rings is 2. The molecule has 0 spiro atoms. The van der Waals surface area contributed by atoms with Crippen LogP contribution in [-0.4, -0.2) is 57.6 Å². The summed E-state index contributed by atoms with van der Waals surface area (Å²) in [7, 11) is -2.14. The van der Waals surface area contributed by atoms with Crippen LogP contribution in [0.15, 0.2) is 48.5 Å². The molecular formula is C26H36ClN3O5S. The van der Waals surface area contributed by atoms with Crippen molar-refractivity contribution < 1.29 is 22.7 Å². The second-order valence-corrected chi connectivity index (χ2v) is 11.4. The minimum atomic E-state index is -3.62. The van der Waals surface area contributed by atoms with Crippen LogP contribution in [0, 0.1) is 5.92 Å². The molecule has 0 saturated heterocycles. The van der Waals surface area contributed by atoms with Crippen molar-refractivity contribution in [3.8, 4) is 5.75 Å². The zero-order valence-corrected chi connectivity index (χ0v) is 23.1. The molecule has 2 amide bonds. The van der Waals surface area contributed by atoms with Crippen molar-refractivity contribution in [2.24, 2.45) is 5.92 Å². The Morgan fingerprint density at radius 1 is 1.08 bits per heavy atom. The predicted octanol–water partition coefficient (Wildman–Crippen LogP) is 4.08. The molecule has 0 unspecified atom stereocenters. The third kappa shape index (κ3) is 8.71. The fraction of sp³-hybridized carbons (Fsp3) is 0.462. The summed E-state index contributed by atoms with van der Waals surface area (Å²) in [6.07, 6.45) is 1.44. The van der Waals surface area contributed by atoms with Gasteiger partial charge < -0.3 is 15.0 Å². The number of nitrogens with zero attached hydrogens (tertiary/aromatic N) is 2. The van der Waals surface area contributed by atoms with E-state index in [0.29, 0.717) is 23.0 Å². The monoisotopic (exact) mass is 537 g/mol. The summed E-state index contributed by atoms with van der Waals surface area (Å²) in [5.41, 5.74) is 1.21. The van der Waals surface area contributed by atoms with Gasteiger partial charge in [-0.3, -0.25) is 13.9 Å². The van der Waals surface area contributed by atoms with Gasteiger partial charge in [-0.25, -0.2) is 8.42 Å². The second kappa shape index (κ2) is 13.5. The number of methoxy groups -OCH3 is 1. The molecule has 1 N–H and O–H groups in total. The number of amides is 2. The highest BCUT2D eigenvalue weighted by molar-refractivity contribution is 7.92. The first-order valence-electron chi connectivity index (χ1n) is 11.9. The average Bonchev–Trinajstić information content (AvgIpc) is 2.82. The number of rotatable bonds is 13. The first-order valence-corrected chi connectivity index (χ1v) is 14.1. The molecule has 2 rings (SSSR count). The molecular weight excluding hydrogens is 502 g/mol. The number of carbonyl (C=O) groups is 2. The number of para-hydroxylation sites is 2. The van der Waals surface area contributed by atoms with Crippen LogP contribution >= 0.6 is 11.6 Å². The summed E-state index contributed by atoms with van der Waals surface area (Å²) in [5, 5.41) is 3.42. The number of sulfonamides is 1. The highest BCUT2D eigenvalue weighted by Crippen LogP contribution is 2.29. The highest BCUT2D eigenvalue weighted by atomic mass is 35.5. The van der Waals surface area contributed by atoms with Gasteiger partial charge in [0, 0.05) is 31.1 Å². The van der Waals surface area contributed by atoms with E-state index < -0.39 is 16.1 Å². The van der Waals surface area contributed by atoms with Gasteiger partial charge in [0.05, 0.1) is 19.1 Å². The van der Waals surface area contributed by atoms with Crippen molar-refractivity contribution in [3.05, 3.63) is 59.1 Å². The van der Waals surface area contributed by atoms with E-state index in [0.717, 1.165) is 11.8 Å². The highest BCUT2D eigenvalue weighted by Gasteiger charge is 2.27. The fourth-order valence-electron chi connectivity index (χ4n) is 3.69. The number of nitrogens with one attached hydrogen (secondary N) is 1. The van der Waals surface area contributed by atoms with E-state index in [1.54, 1.807) is 49.4 Å². The smallest absolute Gasteiger partial charge is 0.242 e. The van der Waals surface area contributed by atoms with Gasteiger partial charge >= 0.3 is 0 Å². The third-order valence-electron chi connectivity index (χ3n) is 5.60. The second-order valence-electron chi connectivity index (χ2n) is 9.08. The van der Waals surface area contributed by atoms with Gasteiger partial charge in [-0.1, -0.05) is 49.7 Å². The van der Waals surface area contributed by atoms with Crippen LogP contribution in [0.4, 0.5) is 5.69 Å². The molecule has 2 aromatic rings. The Bertz CT molecular complexity index is 1140. The number of halogens is 1. The summed E-state index contributed by atoms with van der Waals surface area (Å²) in [5.74, 6) is 0.198. The molecule has 0 aliphatic heterocycles. The van der Waals surface area contributed by atoms with Crippen molar-refractivity contribution in [2.75, 3.05) is 30.8 Å². The van der Waals surface area contributed by atoms with Gasteiger partial charge in [0.1, 0.15) is 11.8 Å². The minimum absolute atomic E-state index is 0.0591. The molecule has 0 bridgehead atoms. The van der Waals surface area contributed by atoms with Crippen LogP contribution in [-0.2, 0) is 26.2 Å². The van der Waals surface area contributed by atoms with Gasteiger partial charge in [-0.05, 0) is 49.1 Å². The molecule has 10 heteroatoms. The Kier molecular flexibility index (Phi) is 11.0. The quantitative estimate of drug-likeness (QED) is 0.415. The Labute approximate surface area is 219 Å². The maximum Gasteiger partial charge on any atom is 0.242 e. The summed E-state index contributed by atoms with van der Waals surface area (Å²) in [6.45, 7) is 6.48. The Hall–Kier alpha value is -2.78.